The molecule has 1 atom stereocenters. The van der Waals surface area contributed by atoms with E-state index in [9.17, 15) is 14.4 Å². The average Bonchev–Trinajstić information content (AvgIpc) is 3.46. The number of esters is 2. The number of urea groups is 1. The van der Waals surface area contributed by atoms with Gasteiger partial charge in [-0.25, -0.2) is 19.1 Å². The van der Waals surface area contributed by atoms with Crippen LogP contribution in [0, 0.1) is 13.8 Å². The molecule has 0 saturated heterocycles. The van der Waals surface area contributed by atoms with Gasteiger partial charge in [0.1, 0.15) is 12.2 Å². The Labute approximate surface area is 200 Å². The molecule has 1 aromatic carbocycles. The van der Waals surface area contributed by atoms with Crippen LogP contribution in [0.3, 0.4) is 0 Å². The number of hydrogen-bond donors (Lipinski definition) is 2. The summed E-state index contributed by atoms with van der Waals surface area (Å²) in [5, 5.41) is 11.7. The zero-order chi connectivity index (χ0) is 24.2. The van der Waals surface area contributed by atoms with Gasteiger partial charge in [0.25, 0.3) is 0 Å². The molecule has 176 valence electrons. The summed E-state index contributed by atoms with van der Waals surface area (Å²) in [4.78, 5) is 38.9. The smallest absolute Gasteiger partial charge is 0.342 e. The number of hydrogen-bond acceptors (Lipinski definition) is 7. The van der Waals surface area contributed by atoms with Gasteiger partial charge in [-0.1, -0.05) is 24.3 Å². The molecular formula is C24H24N4O5S. The second-order valence-electron chi connectivity index (χ2n) is 7.53. The molecule has 3 aromatic rings. The quantitative estimate of drug-likeness (QED) is 0.500. The summed E-state index contributed by atoms with van der Waals surface area (Å²) >= 11 is 1.40. The molecule has 2 aromatic heterocycles. The summed E-state index contributed by atoms with van der Waals surface area (Å²) in [5.41, 5.74) is 2.66. The molecule has 0 spiro atoms. The number of thiophene rings is 1. The Bertz CT molecular complexity index is 1250. The van der Waals surface area contributed by atoms with Crippen LogP contribution < -0.4 is 10.6 Å². The molecule has 0 bridgehead atoms. The van der Waals surface area contributed by atoms with E-state index in [1.54, 1.807) is 25.5 Å². The first-order chi connectivity index (χ1) is 16.4. The number of ether oxygens (including phenoxy) is 2. The van der Waals surface area contributed by atoms with E-state index in [-0.39, 0.29) is 24.5 Å². The van der Waals surface area contributed by atoms with Gasteiger partial charge in [-0.3, -0.25) is 0 Å². The number of aromatic nitrogens is 2. The molecule has 0 fully saturated rings. The lowest BCUT2D eigenvalue weighted by atomic mass is 10.0. The highest BCUT2D eigenvalue weighted by molar-refractivity contribution is 7.10. The maximum absolute atomic E-state index is 13.0. The first-order valence-corrected chi connectivity index (χ1v) is 11.6. The number of benzene rings is 1. The van der Waals surface area contributed by atoms with E-state index in [0.29, 0.717) is 17.0 Å². The van der Waals surface area contributed by atoms with Crippen molar-refractivity contribution < 1.29 is 23.9 Å². The fourth-order valence-electron chi connectivity index (χ4n) is 3.82. The predicted octanol–water partition coefficient (Wildman–Crippen LogP) is 3.58. The summed E-state index contributed by atoms with van der Waals surface area (Å²) < 4.78 is 12.4. The average molecular weight is 481 g/mol. The first kappa shape index (κ1) is 23.2. The molecule has 0 radical (unpaired) electrons. The van der Waals surface area contributed by atoms with Crippen LogP contribution in [0.1, 0.15) is 39.6 Å². The van der Waals surface area contributed by atoms with Crippen molar-refractivity contribution in [2.75, 3.05) is 13.2 Å². The molecule has 0 aliphatic carbocycles. The number of nitrogens with zero attached hydrogens (tertiary/aromatic N) is 2. The SMILES string of the molecule is CCOC(=O)C1=C(COC(=O)c2c(C)nn(-c3ccccc3)c2C)NC(=O)N[C@@H]1c1cccs1. The minimum Gasteiger partial charge on any atom is -0.463 e. The highest BCUT2D eigenvalue weighted by Crippen LogP contribution is 2.31. The van der Waals surface area contributed by atoms with Crippen molar-refractivity contribution in [3.05, 3.63) is 80.9 Å². The van der Waals surface area contributed by atoms with Crippen molar-refractivity contribution in [3.63, 3.8) is 0 Å². The molecule has 3 heterocycles. The monoisotopic (exact) mass is 480 g/mol. The Hall–Kier alpha value is -3.92. The summed E-state index contributed by atoms with van der Waals surface area (Å²) in [6.07, 6.45) is 0. The second kappa shape index (κ2) is 9.92. The van der Waals surface area contributed by atoms with E-state index in [1.807, 2.05) is 47.8 Å². The Morgan fingerprint density at radius 2 is 1.85 bits per heavy atom. The van der Waals surface area contributed by atoms with Crippen LogP contribution in [0.4, 0.5) is 4.79 Å². The van der Waals surface area contributed by atoms with Gasteiger partial charge in [0, 0.05) is 4.88 Å². The van der Waals surface area contributed by atoms with Crippen LogP contribution in [0.5, 0.6) is 0 Å². The first-order valence-electron chi connectivity index (χ1n) is 10.7. The molecule has 2 amide bonds. The maximum atomic E-state index is 13.0. The maximum Gasteiger partial charge on any atom is 0.342 e. The third-order valence-electron chi connectivity index (χ3n) is 5.32. The number of amides is 2. The molecule has 9 nitrogen and oxygen atoms in total. The van der Waals surface area contributed by atoms with Gasteiger partial charge in [-0.15, -0.1) is 11.3 Å². The number of aryl methyl sites for hydroxylation is 1. The molecule has 1 aliphatic rings. The fourth-order valence-corrected chi connectivity index (χ4v) is 4.60. The van der Waals surface area contributed by atoms with E-state index in [0.717, 1.165) is 10.6 Å². The molecule has 10 heteroatoms. The second-order valence-corrected chi connectivity index (χ2v) is 8.51. The minimum absolute atomic E-state index is 0.164. The van der Waals surface area contributed by atoms with Gasteiger partial charge in [-0.05, 0) is 44.4 Å². The minimum atomic E-state index is -0.703. The van der Waals surface area contributed by atoms with Gasteiger partial charge in [0.2, 0.25) is 0 Å². The van der Waals surface area contributed by atoms with Crippen molar-refractivity contribution >= 4 is 29.3 Å². The van der Waals surface area contributed by atoms with E-state index < -0.39 is 24.0 Å². The summed E-state index contributed by atoms with van der Waals surface area (Å²) in [6.45, 7) is 5.07. The fraction of sp³-hybridized carbons (Fsp3) is 0.250. The lowest BCUT2D eigenvalue weighted by molar-refractivity contribution is -0.139. The molecule has 0 unspecified atom stereocenters. The highest BCUT2D eigenvalue weighted by Gasteiger charge is 2.35. The lowest BCUT2D eigenvalue weighted by Crippen LogP contribution is -2.46. The third kappa shape index (κ3) is 4.58. The van der Waals surface area contributed by atoms with Crippen molar-refractivity contribution in [2.24, 2.45) is 0 Å². The van der Waals surface area contributed by atoms with Crippen molar-refractivity contribution in [3.8, 4) is 5.69 Å². The van der Waals surface area contributed by atoms with Crippen molar-refractivity contribution in [1.82, 2.24) is 20.4 Å². The number of carbonyl (C=O) groups excluding carboxylic acids is 3. The topological polar surface area (TPSA) is 112 Å². The van der Waals surface area contributed by atoms with Crippen molar-refractivity contribution in [1.29, 1.82) is 0 Å². The van der Waals surface area contributed by atoms with Gasteiger partial charge >= 0.3 is 18.0 Å². The summed E-state index contributed by atoms with van der Waals surface area (Å²) in [6, 6.07) is 11.9. The lowest BCUT2D eigenvalue weighted by Gasteiger charge is -2.28. The summed E-state index contributed by atoms with van der Waals surface area (Å²) in [5.74, 6) is -1.20. The highest BCUT2D eigenvalue weighted by atomic mass is 32.1. The number of rotatable bonds is 7. The van der Waals surface area contributed by atoms with Crippen LogP contribution in [0.25, 0.3) is 5.69 Å². The molecule has 1 aliphatic heterocycles. The van der Waals surface area contributed by atoms with Gasteiger partial charge in [0.05, 0.1) is 41.0 Å². The van der Waals surface area contributed by atoms with Crippen LogP contribution >= 0.6 is 11.3 Å². The van der Waals surface area contributed by atoms with E-state index in [2.05, 4.69) is 15.7 Å². The Morgan fingerprint density at radius 1 is 1.09 bits per heavy atom. The molecule has 4 rings (SSSR count). The van der Waals surface area contributed by atoms with E-state index in [4.69, 9.17) is 9.47 Å². The summed E-state index contributed by atoms with van der Waals surface area (Å²) in [7, 11) is 0. The predicted molar refractivity (Wildman–Crippen MR) is 126 cm³/mol. The van der Waals surface area contributed by atoms with Crippen LogP contribution in [0.15, 0.2) is 59.1 Å². The molecule has 34 heavy (non-hydrogen) atoms. The third-order valence-corrected chi connectivity index (χ3v) is 6.26. The zero-order valence-corrected chi connectivity index (χ0v) is 19.8. The Kier molecular flexibility index (Phi) is 6.78. The number of para-hydroxylation sites is 1. The Balaban J connectivity index is 1.62. The van der Waals surface area contributed by atoms with Crippen molar-refractivity contribution in [2.45, 2.75) is 26.8 Å². The van der Waals surface area contributed by atoms with Crippen LogP contribution in [0.2, 0.25) is 0 Å². The molecule has 2 N–H and O–H groups in total. The van der Waals surface area contributed by atoms with Crippen LogP contribution in [-0.2, 0) is 14.3 Å². The normalized spacial score (nSPS) is 15.5. The largest absolute Gasteiger partial charge is 0.463 e. The number of carbonyl (C=O) groups is 3. The molecular weight excluding hydrogens is 456 g/mol. The van der Waals surface area contributed by atoms with E-state index in [1.165, 1.54) is 11.3 Å². The van der Waals surface area contributed by atoms with Gasteiger partial charge in [-0.2, -0.15) is 5.10 Å². The van der Waals surface area contributed by atoms with Gasteiger partial charge in [0.15, 0.2) is 0 Å². The molecule has 0 saturated carbocycles. The van der Waals surface area contributed by atoms with Gasteiger partial charge < -0.3 is 20.1 Å². The number of nitrogens with one attached hydrogen (secondary N) is 2. The Morgan fingerprint density at radius 3 is 2.53 bits per heavy atom. The van der Waals surface area contributed by atoms with Crippen LogP contribution in [-0.4, -0.2) is 41.0 Å². The standard InChI is InChI=1S/C24H24N4O5S/c1-4-32-23(30)20-17(25-24(31)26-21(20)18-11-8-12-34-18)13-33-22(29)19-14(2)27-28(15(19)3)16-9-6-5-7-10-16/h5-12,21H,4,13H2,1-3H3,(H2,25,26,31)/t21-/m1/s1. The zero-order valence-electron chi connectivity index (χ0n) is 19.0. The van der Waals surface area contributed by atoms with E-state index >= 15 is 0 Å².